The summed E-state index contributed by atoms with van der Waals surface area (Å²) in [7, 11) is 0. The molecular weight excluding hydrogens is 626 g/mol. The fourth-order valence-corrected chi connectivity index (χ4v) is 5.94. The molecule has 0 spiro atoms. The topological polar surface area (TPSA) is 175 Å². The molecule has 3 rings (SSSR count). The van der Waals surface area contributed by atoms with E-state index in [4.69, 9.17) is 24.7 Å². The van der Waals surface area contributed by atoms with Crippen LogP contribution in [0.15, 0.2) is 29.8 Å². The number of β-amino-alcohol motifs (C(OH)–C–C–N with tert-alkyl or cyclic N) is 1. The minimum atomic E-state index is -0.943. The number of aliphatic hydroxyl groups is 1. The van der Waals surface area contributed by atoms with E-state index in [2.05, 4.69) is 15.6 Å². The average molecular weight is 678 g/mol. The number of rotatable bonds is 19. The predicted octanol–water partition coefficient (Wildman–Crippen LogP) is 1.81. The summed E-state index contributed by atoms with van der Waals surface area (Å²) in [5, 5.41) is 16.3. The highest BCUT2D eigenvalue weighted by Crippen LogP contribution is 2.29. The van der Waals surface area contributed by atoms with E-state index in [1.54, 1.807) is 11.3 Å². The van der Waals surface area contributed by atoms with Crippen LogP contribution in [-0.4, -0.2) is 117 Å². The molecule has 0 aliphatic carbocycles. The lowest BCUT2D eigenvalue weighted by Crippen LogP contribution is -2.58. The molecule has 1 aliphatic heterocycles. The highest BCUT2D eigenvalue weighted by atomic mass is 32.1. The second-order valence-corrected chi connectivity index (χ2v) is 13.4. The number of aromatic nitrogens is 1. The summed E-state index contributed by atoms with van der Waals surface area (Å²) in [4.78, 5) is 46.9. The van der Waals surface area contributed by atoms with Crippen molar-refractivity contribution in [3.05, 3.63) is 41.0 Å². The maximum Gasteiger partial charge on any atom is 0.246 e. The van der Waals surface area contributed by atoms with Crippen LogP contribution in [0.3, 0.4) is 0 Å². The predicted molar refractivity (Wildman–Crippen MR) is 179 cm³/mol. The second kappa shape index (κ2) is 19.1. The summed E-state index contributed by atoms with van der Waals surface area (Å²) in [6.45, 7) is 12.2. The Hall–Kier alpha value is -2.98. The van der Waals surface area contributed by atoms with Gasteiger partial charge in [-0.15, -0.1) is 11.3 Å². The van der Waals surface area contributed by atoms with Crippen molar-refractivity contribution < 1.29 is 38.4 Å². The molecule has 0 bridgehead atoms. The molecule has 5 N–H and O–H groups in total. The largest absolute Gasteiger partial charge is 0.391 e. The number of thiazole rings is 1. The highest BCUT2D eigenvalue weighted by molar-refractivity contribution is 7.13. The molecule has 1 aliphatic rings. The van der Waals surface area contributed by atoms with E-state index in [9.17, 15) is 19.5 Å². The summed E-state index contributed by atoms with van der Waals surface area (Å²) in [5.74, 6) is -1.26. The standard InChI is InChI=1S/C33H51N5O8S/c1-22(24-6-8-25(9-7-24)29-23(2)35-21-47-29)36-31(41)27-18-26(39)19-38(27)32(42)30(33(3,4)5)37-28(40)20-46-17-16-45-15-14-44-13-12-43-11-10-34/h6-9,21-22,26-27,30,39H,10-20,34H2,1-5H3,(H,36,41)(H,37,40)/t22-,26+,27-,30+/m0/s1. The number of nitrogens with zero attached hydrogens (tertiary/aromatic N) is 2. The first-order valence-electron chi connectivity index (χ1n) is 16.0. The molecule has 14 heteroatoms. The van der Waals surface area contributed by atoms with Gasteiger partial charge in [-0.25, -0.2) is 4.98 Å². The summed E-state index contributed by atoms with van der Waals surface area (Å²) in [6, 6.07) is 5.77. The smallest absolute Gasteiger partial charge is 0.246 e. The monoisotopic (exact) mass is 677 g/mol. The van der Waals surface area contributed by atoms with Gasteiger partial charge in [-0.3, -0.25) is 14.4 Å². The van der Waals surface area contributed by atoms with E-state index in [1.807, 2.05) is 64.4 Å². The van der Waals surface area contributed by atoms with E-state index in [-0.39, 0.29) is 44.7 Å². The van der Waals surface area contributed by atoms with Crippen LogP contribution in [0.4, 0.5) is 0 Å². The van der Waals surface area contributed by atoms with Crippen LogP contribution in [0.2, 0.25) is 0 Å². The molecular formula is C33H51N5O8S. The lowest BCUT2D eigenvalue weighted by molar-refractivity contribution is -0.144. The Kier molecular flexibility index (Phi) is 15.7. The number of hydrogen-bond donors (Lipinski definition) is 4. The van der Waals surface area contributed by atoms with Gasteiger partial charge in [-0.05, 0) is 30.4 Å². The minimum Gasteiger partial charge on any atom is -0.391 e. The number of amides is 3. The number of likely N-dealkylation sites (tertiary alicyclic amines) is 1. The lowest BCUT2D eigenvalue weighted by Gasteiger charge is -2.35. The van der Waals surface area contributed by atoms with Gasteiger partial charge in [-0.2, -0.15) is 0 Å². The van der Waals surface area contributed by atoms with Crippen molar-refractivity contribution in [2.24, 2.45) is 11.1 Å². The van der Waals surface area contributed by atoms with E-state index >= 15 is 0 Å². The number of benzene rings is 1. The Bertz CT molecular complexity index is 1270. The van der Waals surface area contributed by atoms with Crippen molar-refractivity contribution in [3.63, 3.8) is 0 Å². The number of carbonyl (C=O) groups excluding carboxylic acids is 3. The van der Waals surface area contributed by atoms with Crippen molar-refractivity contribution in [2.45, 2.75) is 65.3 Å². The first-order chi connectivity index (χ1) is 22.4. The number of ether oxygens (including phenoxy) is 4. The Morgan fingerprint density at radius 2 is 1.60 bits per heavy atom. The van der Waals surface area contributed by atoms with Crippen LogP contribution in [0, 0.1) is 12.3 Å². The lowest BCUT2D eigenvalue weighted by atomic mass is 9.85. The molecule has 13 nitrogen and oxygen atoms in total. The number of aliphatic hydroxyl groups excluding tert-OH is 1. The van der Waals surface area contributed by atoms with Crippen molar-refractivity contribution in [3.8, 4) is 10.4 Å². The minimum absolute atomic E-state index is 0.00503. The average Bonchev–Trinajstić information content (AvgIpc) is 3.64. The molecule has 1 saturated heterocycles. The number of nitrogens with two attached hydrogens (primary N) is 1. The normalized spacial score (nSPS) is 17.8. The summed E-state index contributed by atoms with van der Waals surface area (Å²) < 4.78 is 21.5. The Balaban J connectivity index is 1.48. The number of hydrogen-bond acceptors (Lipinski definition) is 11. The van der Waals surface area contributed by atoms with Gasteiger partial charge in [0.2, 0.25) is 17.7 Å². The third-order valence-corrected chi connectivity index (χ3v) is 8.65. The second-order valence-electron chi connectivity index (χ2n) is 12.6. The number of aryl methyl sites for hydroxylation is 1. The van der Waals surface area contributed by atoms with Gasteiger partial charge in [0.05, 0.1) is 74.5 Å². The third kappa shape index (κ3) is 12.2. The Morgan fingerprint density at radius 1 is 1.00 bits per heavy atom. The molecule has 1 aromatic heterocycles. The van der Waals surface area contributed by atoms with Gasteiger partial charge in [0.1, 0.15) is 18.7 Å². The fourth-order valence-electron chi connectivity index (χ4n) is 5.13. The number of carbonyl (C=O) groups is 3. The quantitative estimate of drug-likeness (QED) is 0.161. The first-order valence-corrected chi connectivity index (χ1v) is 16.9. The molecule has 3 amide bonds. The number of nitrogens with one attached hydrogen (secondary N) is 2. The summed E-state index contributed by atoms with van der Waals surface area (Å²) in [5.41, 5.74) is 9.42. The van der Waals surface area contributed by atoms with Crippen LogP contribution in [-0.2, 0) is 33.3 Å². The molecule has 2 aromatic rings. The SMILES string of the molecule is Cc1ncsc1-c1ccc([C@H](C)NC(=O)[C@@H]2C[C@@H](O)CN2C(=O)[C@@H](NC(=O)COCCOCCOCCOCCN)C(C)(C)C)cc1. The van der Waals surface area contributed by atoms with Gasteiger partial charge in [0.25, 0.3) is 0 Å². The van der Waals surface area contributed by atoms with Gasteiger partial charge in [0, 0.05) is 19.5 Å². The van der Waals surface area contributed by atoms with E-state index in [0.717, 1.165) is 21.7 Å². The zero-order chi connectivity index (χ0) is 34.4. The highest BCUT2D eigenvalue weighted by Gasteiger charge is 2.44. The van der Waals surface area contributed by atoms with Gasteiger partial charge < -0.3 is 45.3 Å². The summed E-state index contributed by atoms with van der Waals surface area (Å²) in [6.07, 6.45) is -0.754. The molecule has 0 radical (unpaired) electrons. The maximum atomic E-state index is 13.8. The summed E-state index contributed by atoms with van der Waals surface area (Å²) >= 11 is 1.58. The van der Waals surface area contributed by atoms with Gasteiger partial charge >= 0.3 is 0 Å². The molecule has 262 valence electrons. The molecule has 1 aromatic carbocycles. The van der Waals surface area contributed by atoms with Crippen LogP contribution in [0.5, 0.6) is 0 Å². The molecule has 4 atom stereocenters. The zero-order valence-corrected chi connectivity index (χ0v) is 29.0. The molecule has 2 heterocycles. The Morgan fingerprint density at radius 3 is 2.15 bits per heavy atom. The van der Waals surface area contributed by atoms with E-state index < -0.39 is 35.4 Å². The van der Waals surface area contributed by atoms with Crippen molar-refractivity contribution >= 4 is 29.1 Å². The van der Waals surface area contributed by atoms with Crippen molar-refractivity contribution in [1.29, 1.82) is 0 Å². The van der Waals surface area contributed by atoms with Gasteiger partial charge in [0.15, 0.2) is 0 Å². The zero-order valence-electron chi connectivity index (χ0n) is 28.2. The Labute approximate surface area is 281 Å². The van der Waals surface area contributed by atoms with Crippen LogP contribution in [0.25, 0.3) is 10.4 Å². The van der Waals surface area contributed by atoms with Crippen molar-refractivity contribution in [1.82, 2.24) is 20.5 Å². The van der Waals surface area contributed by atoms with E-state index in [0.29, 0.717) is 39.6 Å². The molecule has 1 fully saturated rings. The van der Waals surface area contributed by atoms with Crippen LogP contribution < -0.4 is 16.4 Å². The van der Waals surface area contributed by atoms with Crippen LogP contribution >= 0.6 is 11.3 Å². The van der Waals surface area contributed by atoms with Crippen molar-refractivity contribution in [2.75, 3.05) is 65.9 Å². The molecule has 0 saturated carbocycles. The van der Waals surface area contributed by atoms with E-state index in [1.165, 1.54) is 4.90 Å². The first kappa shape index (κ1) is 38.5. The van der Waals surface area contributed by atoms with Gasteiger partial charge in [-0.1, -0.05) is 45.0 Å². The fraction of sp³-hybridized carbons (Fsp3) is 0.636. The maximum absolute atomic E-state index is 13.8. The third-order valence-electron chi connectivity index (χ3n) is 7.67. The van der Waals surface area contributed by atoms with Crippen LogP contribution in [0.1, 0.15) is 51.4 Å². The molecule has 0 unspecified atom stereocenters. The molecule has 47 heavy (non-hydrogen) atoms.